The van der Waals surface area contributed by atoms with Gasteiger partial charge in [-0.25, -0.2) is 4.79 Å². The van der Waals surface area contributed by atoms with Crippen molar-refractivity contribution >= 4 is 11.8 Å². The highest BCUT2D eigenvalue weighted by Gasteiger charge is 2.50. The van der Waals surface area contributed by atoms with Crippen molar-refractivity contribution in [1.82, 2.24) is 0 Å². The summed E-state index contributed by atoms with van der Waals surface area (Å²) in [6.45, 7) is 4.25. The molecule has 3 aromatic rings. The molecule has 1 N–H and O–H groups in total. The number of Topliss-reactive ketones (excluding diaryl/α,β-unsaturated/α-hetero) is 1. The third-order valence-corrected chi connectivity index (χ3v) is 7.36. The lowest BCUT2D eigenvalue weighted by molar-refractivity contribution is -0.120. The fourth-order valence-corrected chi connectivity index (χ4v) is 5.19. The number of methoxy groups -OCH3 is 1. The Morgan fingerprint density at radius 3 is 2.50 bits per heavy atom. The molecule has 5 rings (SSSR count). The van der Waals surface area contributed by atoms with Crippen LogP contribution in [-0.2, 0) is 23.1 Å². The molecular formula is C30H32O6. The predicted octanol–water partition coefficient (Wildman–Crippen LogP) is 6.14. The quantitative estimate of drug-likeness (QED) is 0.390. The van der Waals surface area contributed by atoms with Crippen LogP contribution in [0.15, 0.2) is 48.5 Å². The summed E-state index contributed by atoms with van der Waals surface area (Å²) < 4.78 is 16.4. The van der Waals surface area contributed by atoms with Gasteiger partial charge in [0.05, 0.1) is 18.1 Å². The largest absolute Gasteiger partial charge is 0.497 e. The van der Waals surface area contributed by atoms with Gasteiger partial charge in [-0.1, -0.05) is 37.6 Å². The second-order valence-corrected chi connectivity index (χ2v) is 9.66. The highest BCUT2D eigenvalue weighted by atomic mass is 16.7. The average Bonchev–Trinajstić information content (AvgIpc) is 3.56. The first-order valence-corrected chi connectivity index (χ1v) is 12.3. The van der Waals surface area contributed by atoms with Crippen LogP contribution in [0.1, 0.15) is 60.2 Å². The van der Waals surface area contributed by atoms with E-state index in [0.717, 1.165) is 52.6 Å². The van der Waals surface area contributed by atoms with Crippen molar-refractivity contribution in [1.29, 1.82) is 0 Å². The summed E-state index contributed by atoms with van der Waals surface area (Å²) in [5.74, 6) is 1.12. The SMILES string of the molecule is CCCc1c(C(=O)O)cc(OC)cc1-c1cc(CC(=O)C2(c3ccc4c(c3)OCO4)CC2)ccc1C.[HH]. The molecular weight excluding hydrogens is 456 g/mol. The van der Waals surface area contributed by atoms with E-state index in [4.69, 9.17) is 14.2 Å². The van der Waals surface area contributed by atoms with Crippen molar-refractivity contribution in [3.8, 4) is 28.4 Å². The van der Waals surface area contributed by atoms with E-state index in [9.17, 15) is 14.7 Å². The second kappa shape index (κ2) is 9.34. The van der Waals surface area contributed by atoms with E-state index in [-0.39, 0.29) is 19.6 Å². The van der Waals surface area contributed by atoms with Crippen molar-refractivity contribution in [2.45, 2.75) is 51.4 Å². The van der Waals surface area contributed by atoms with Crippen LogP contribution in [0.3, 0.4) is 0 Å². The number of hydrogen-bond donors (Lipinski definition) is 1. The number of carbonyl (C=O) groups is 2. The number of ether oxygens (including phenoxy) is 3. The normalized spacial score (nSPS) is 15.0. The van der Waals surface area contributed by atoms with Crippen LogP contribution in [-0.4, -0.2) is 30.8 Å². The maximum atomic E-state index is 13.6. The highest BCUT2D eigenvalue weighted by Crippen LogP contribution is 2.51. The Labute approximate surface area is 212 Å². The van der Waals surface area contributed by atoms with Crippen LogP contribution in [0.4, 0.5) is 0 Å². The zero-order valence-corrected chi connectivity index (χ0v) is 20.8. The summed E-state index contributed by atoms with van der Waals surface area (Å²) in [4.78, 5) is 25.6. The minimum absolute atomic E-state index is 0. The number of ketones is 1. The Balaban J connectivity index is 0.00000320. The topological polar surface area (TPSA) is 82.1 Å². The molecule has 0 amide bonds. The molecule has 1 fully saturated rings. The Morgan fingerprint density at radius 1 is 1.03 bits per heavy atom. The van der Waals surface area contributed by atoms with Crippen LogP contribution in [0, 0.1) is 6.92 Å². The standard InChI is InChI=1S/C30H30O6.H2/c1-4-5-22-24(15-21(34-3)16-25(22)29(32)33)23-12-19(7-6-18(23)2)13-28(31)30(10-11-30)20-8-9-26-27(14-20)36-17-35-26;/h6-9,12,14-16H,4-5,10-11,13,17H2,1-3H3,(H,32,33);1H. The molecule has 3 aromatic carbocycles. The summed E-state index contributed by atoms with van der Waals surface area (Å²) in [5.41, 5.74) is 5.25. The second-order valence-electron chi connectivity index (χ2n) is 9.66. The summed E-state index contributed by atoms with van der Waals surface area (Å²) in [5, 5.41) is 9.87. The van der Waals surface area contributed by atoms with Gasteiger partial charge in [-0.2, -0.15) is 0 Å². The van der Waals surface area contributed by atoms with Gasteiger partial charge in [0, 0.05) is 7.85 Å². The van der Waals surface area contributed by atoms with Gasteiger partial charge in [0.25, 0.3) is 0 Å². The van der Waals surface area contributed by atoms with E-state index in [0.29, 0.717) is 30.1 Å². The van der Waals surface area contributed by atoms with E-state index >= 15 is 0 Å². The summed E-state index contributed by atoms with van der Waals surface area (Å²) in [7, 11) is 1.54. The van der Waals surface area contributed by atoms with E-state index < -0.39 is 11.4 Å². The third kappa shape index (κ3) is 4.21. The maximum absolute atomic E-state index is 13.6. The van der Waals surface area contributed by atoms with E-state index in [1.165, 1.54) is 7.11 Å². The van der Waals surface area contributed by atoms with Crippen molar-refractivity contribution in [2.24, 2.45) is 0 Å². The number of hydrogen-bond acceptors (Lipinski definition) is 5. The molecule has 0 saturated heterocycles. The van der Waals surface area contributed by atoms with Crippen LogP contribution in [0.25, 0.3) is 11.1 Å². The smallest absolute Gasteiger partial charge is 0.336 e. The fourth-order valence-electron chi connectivity index (χ4n) is 5.19. The van der Waals surface area contributed by atoms with E-state index in [1.54, 1.807) is 6.07 Å². The Morgan fingerprint density at radius 2 is 1.81 bits per heavy atom. The van der Waals surface area contributed by atoms with Crippen molar-refractivity contribution in [2.75, 3.05) is 13.9 Å². The number of carboxylic acids is 1. The molecule has 1 aliphatic heterocycles. The molecule has 1 aliphatic carbocycles. The molecule has 0 spiro atoms. The zero-order valence-electron chi connectivity index (χ0n) is 20.8. The van der Waals surface area contributed by atoms with Crippen molar-refractivity contribution in [3.63, 3.8) is 0 Å². The number of carboxylic acid groups (broad SMARTS) is 1. The molecule has 0 atom stereocenters. The Bertz CT molecular complexity index is 1360. The first-order valence-electron chi connectivity index (χ1n) is 12.3. The average molecular weight is 489 g/mol. The first-order chi connectivity index (χ1) is 17.4. The minimum Gasteiger partial charge on any atom is -0.497 e. The van der Waals surface area contributed by atoms with Gasteiger partial charge in [-0.05, 0) is 83.8 Å². The number of carbonyl (C=O) groups excluding carboxylic acids is 1. The fraction of sp³-hybridized carbons (Fsp3) is 0.333. The Kier molecular flexibility index (Phi) is 6.20. The van der Waals surface area contributed by atoms with Crippen LogP contribution in [0.5, 0.6) is 17.2 Å². The van der Waals surface area contributed by atoms with Crippen molar-refractivity contribution in [3.05, 3.63) is 76.3 Å². The molecule has 6 nitrogen and oxygen atoms in total. The number of rotatable bonds is 9. The lowest BCUT2D eigenvalue weighted by Gasteiger charge is -2.18. The monoisotopic (exact) mass is 488 g/mol. The minimum atomic E-state index is -0.970. The van der Waals surface area contributed by atoms with E-state index in [2.05, 4.69) is 0 Å². The van der Waals surface area contributed by atoms with Gasteiger partial charge in [0.15, 0.2) is 11.5 Å². The molecule has 36 heavy (non-hydrogen) atoms. The van der Waals surface area contributed by atoms with Crippen LogP contribution >= 0.6 is 0 Å². The molecule has 1 saturated carbocycles. The number of aryl methyl sites for hydroxylation is 1. The van der Waals surface area contributed by atoms with Gasteiger partial charge in [0.1, 0.15) is 11.5 Å². The van der Waals surface area contributed by atoms with Crippen LogP contribution in [0.2, 0.25) is 0 Å². The molecule has 1 heterocycles. The number of benzene rings is 3. The molecule has 0 radical (unpaired) electrons. The number of aromatic carboxylic acids is 1. The first kappa shape index (κ1) is 23.9. The maximum Gasteiger partial charge on any atom is 0.336 e. The van der Waals surface area contributed by atoms with Gasteiger partial charge >= 0.3 is 5.97 Å². The molecule has 0 aromatic heterocycles. The Hall–Kier alpha value is -3.80. The third-order valence-electron chi connectivity index (χ3n) is 7.36. The summed E-state index contributed by atoms with van der Waals surface area (Å²) >= 11 is 0. The lowest BCUT2D eigenvalue weighted by Crippen LogP contribution is -2.22. The molecule has 6 heteroatoms. The summed E-state index contributed by atoms with van der Waals surface area (Å²) in [6, 6.07) is 15.3. The number of fused-ring (bicyclic) bond motifs is 1. The van der Waals surface area contributed by atoms with Gasteiger partial charge in [0.2, 0.25) is 6.79 Å². The van der Waals surface area contributed by atoms with Gasteiger partial charge in [-0.3, -0.25) is 4.79 Å². The van der Waals surface area contributed by atoms with Gasteiger partial charge < -0.3 is 19.3 Å². The van der Waals surface area contributed by atoms with E-state index in [1.807, 2.05) is 56.3 Å². The predicted molar refractivity (Wildman–Crippen MR) is 138 cm³/mol. The summed E-state index contributed by atoms with van der Waals surface area (Å²) in [6.07, 6.45) is 3.40. The zero-order chi connectivity index (χ0) is 25.4. The highest BCUT2D eigenvalue weighted by molar-refractivity contribution is 5.96. The molecule has 0 unspecified atom stereocenters. The van der Waals surface area contributed by atoms with Gasteiger partial charge in [-0.15, -0.1) is 0 Å². The lowest BCUT2D eigenvalue weighted by atomic mass is 9.85. The molecule has 0 bridgehead atoms. The van der Waals surface area contributed by atoms with Crippen LogP contribution < -0.4 is 14.2 Å². The van der Waals surface area contributed by atoms with Crippen molar-refractivity contribution < 1.29 is 30.3 Å². The molecule has 188 valence electrons. The molecule has 2 aliphatic rings.